The van der Waals surface area contributed by atoms with E-state index in [-0.39, 0.29) is 6.42 Å². The fraction of sp³-hybridized carbons (Fsp3) is 0.375. The standard InChI is InChI=1S/C16H18N2O2S/c1-10-14(7-16(19)20)11(2)18(17-10)8-12-9-21-15-6-4-3-5-13(12)15/h3-6,12H,7-9H2,1-2H3,(H,19,20). The SMILES string of the molecule is Cc1nn(CC2CSc3ccccc32)c(C)c1CC(=O)O. The van der Waals surface area contributed by atoms with E-state index in [0.29, 0.717) is 5.92 Å². The molecule has 4 nitrogen and oxygen atoms in total. The third-order valence-electron chi connectivity index (χ3n) is 4.05. The molecule has 0 saturated heterocycles. The van der Waals surface area contributed by atoms with Crippen LogP contribution in [0.15, 0.2) is 29.2 Å². The van der Waals surface area contributed by atoms with Crippen LogP contribution in [0.1, 0.15) is 28.4 Å². The summed E-state index contributed by atoms with van der Waals surface area (Å²) in [5, 5.41) is 13.5. The number of fused-ring (bicyclic) bond motifs is 1. The van der Waals surface area contributed by atoms with Gasteiger partial charge in [0.05, 0.1) is 12.1 Å². The zero-order chi connectivity index (χ0) is 15.0. The summed E-state index contributed by atoms with van der Waals surface area (Å²) in [6, 6.07) is 8.50. The second-order valence-corrected chi connectivity index (χ2v) is 6.51. The van der Waals surface area contributed by atoms with Crippen LogP contribution in [0, 0.1) is 13.8 Å². The van der Waals surface area contributed by atoms with Crippen molar-refractivity contribution in [3.63, 3.8) is 0 Å². The lowest BCUT2D eigenvalue weighted by molar-refractivity contribution is -0.136. The van der Waals surface area contributed by atoms with Gasteiger partial charge in [-0.1, -0.05) is 18.2 Å². The zero-order valence-electron chi connectivity index (χ0n) is 12.2. The third-order valence-corrected chi connectivity index (χ3v) is 5.30. The van der Waals surface area contributed by atoms with Gasteiger partial charge in [0, 0.05) is 34.4 Å². The molecule has 1 aromatic carbocycles. The van der Waals surface area contributed by atoms with Crippen molar-refractivity contribution >= 4 is 17.7 Å². The van der Waals surface area contributed by atoms with Gasteiger partial charge < -0.3 is 5.11 Å². The predicted octanol–water partition coefficient (Wildman–Crippen LogP) is 3.02. The maximum absolute atomic E-state index is 11.0. The van der Waals surface area contributed by atoms with Crippen LogP contribution in [0.2, 0.25) is 0 Å². The Bertz CT molecular complexity index is 694. The van der Waals surface area contributed by atoms with Gasteiger partial charge in [-0.15, -0.1) is 11.8 Å². The van der Waals surface area contributed by atoms with Gasteiger partial charge in [-0.3, -0.25) is 9.48 Å². The number of aliphatic carboxylic acids is 1. The lowest BCUT2D eigenvalue weighted by atomic mass is 10.0. The Kier molecular flexibility index (Phi) is 3.76. The molecule has 21 heavy (non-hydrogen) atoms. The summed E-state index contributed by atoms with van der Waals surface area (Å²) in [5.74, 6) is 0.704. The number of aromatic nitrogens is 2. The number of carboxylic acids is 1. The molecule has 0 saturated carbocycles. The molecule has 0 radical (unpaired) electrons. The fourth-order valence-electron chi connectivity index (χ4n) is 2.91. The quantitative estimate of drug-likeness (QED) is 0.943. The number of aryl methyl sites for hydroxylation is 1. The number of hydrogen-bond acceptors (Lipinski definition) is 3. The Hall–Kier alpha value is -1.75. The Morgan fingerprint density at radius 1 is 1.43 bits per heavy atom. The predicted molar refractivity (Wildman–Crippen MR) is 82.9 cm³/mol. The first-order chi connectivity index (χ1) is 10.1. The molecule has 2 heterocycles. The van der Waals surface area contributed by atoms with Crippen molar-refractivity contribution in [3.05, 3.63) is 46.8 Å². The fourth-order valence-corrected chi connectivity index (χ4v) is 4.15. The molecular formula is C16H18N2O2S. The summed E-state index contributed by atoms with van der Waals surface area (Å²) in [6.45, 7) is 4.67. The molecule has 0 spiro atoms. The van der Waals surface area contributed by atoms with Crippen molar-refractivity contribution in [2.45, 2.75) is 37.6 Å². The summed E-state index contributed by atoms with van der Waals surface area (Å²) in [5.41, 5.74) is 4.04. The van der Waals surface area contributed by atoms with E-state index in [1.54, 1.807) is 0 Å². The molecule has 3 rings (SSSR count). The van der Waals surface area contributed by atoms with Gasteiger partial charge in [-0.05, 0) is 25.5 Å². The minimum absolute atomic E-state index is 0.0493. The molecule has 1 atom stereocenters. The Morgan fingerprint density at radius 2 is 2.19 bits per heavy atom. The molecule has 2 aromatic rings. The summed E-state index contributed by atoms with van der Waals surface area (Å²) in [6.07, 6.45) is 0.0493. The normalized spacial score (nSPS) is 17.0. The zero-order valence-corrected chi connectivity index (χ0v) is 13.0. The Morgan fingerprint density at radius 3 is 2.95 bits per heavy atom. The minimum Gasteiger partial charge on any atom is -0.481 e. The van der Waals surface area contributed by atoms with Crippen molar-refractivity contribution in [2.75, 3.05) is 5.75 Å². The van der Waals surface area contributed by atoms with Crippen molar-refractivity contribution in [3.8, 4) is 0 Å². The molecule has 1 aliphatic heterocycles. The smallest absolute Gasteiger partial charge is 0.307 e. The lowest BCUT2D eigenvalue weighted by Crippen LogP contribution is -2.12. The minimum atomic E-state index is -0.803. The lowest BCUT2D eigenvalue weighted by Gasteiger charge is -2.12. The van der Waals surface area contributed by atoms with Crippen LogP contribution < -0.4 is 0 Å². The van der Waals surface area contributed by atoms with E-state index in [4.69, 9.17) is 5.11 Å². The summed E-state index contributed by atoms with van der Waals surface area (Å²) < 4.78 is 1.97. The third kappa shape index (κ3) is 2.70. The van der Waals surface area contributed by atoms with E-state index in [0.717, 1.165) is 29.2 Å². The number of carbonyl (C=O) groups is 1. The molecule has 0 amide bonds. The van der Waals surface area contributed by atoms with Crippen LogP contribution in [0.25, 0.3) is 0 Å². The average molecular weight is 302 g/mol. The maximum Gasteiger partial charge on any atom is 0.307 e. The first kappa shape index (κ1) is 14.2. The highest BCUT2D eigenvalue weighted by Crippen LogP contribution is 2.40. The van der Waals surface area contributed by atoms with Crippen molar-refractivity contribution in [2.24, 2.45) is 0 Å². The summed E-state index contributed by atoms with van der Waals surface area (Å²) in [7, 11) is 0. The average Bonchev–Trinajstić information content (AvgIpc) is 2.96. The van der Waals surface area contributed by atoms with Crippen LogP contribution in [-0.4, -0.2) is 26.6 Å². The van der Waals surface area contributed by atoms with Gasteiger partial charge in [0.25, 0.3) is 0 Å². The second-order valence-electron chi connectivity index (χ2n) is 5.45. The van der Waals surface area contributed by atoms with Gasteiger partial charge in [0.15, 0.2) is 0 Å². The highest BCUT2D eigenvalue weighted by atomic mass is 32.2. The highest BCUT2D eigenvalue weighted by Gasteiger charge is 2.24. The Labute approximate surface area is 128 Å². The molecule has 0 bridgehead atoms. The van der Waals surface area contributed by atoms with Crippen molar-refractivity contribution in [1.82, 2.24) is 9.78 Å². The number of nitrogens with zero attached hydrogens (tertiary/aromatic N) is 2. The molecule has 110 valence electrons. The first-order valence-corrected chi connectivity index (χ1v) is 8.01. The first-order valence-electron chi connectivity index (χ1n) is 7.02. The maximum atomic E-state index is 11.0. The van der Waals surface area contributed by atoms with Gasteiger partial charge in [0.2, 0.25) is 0 Å². The van der Waals surface area contributed by atoms with E-state index >= 15 is 0 Å². The van der Waals surface area contributed by atoms with Crippen LogP contribution in [0.5, 0.6) is 0 Å². The van der Waals surface area contributed by atoms with Gasteiger partial charge >= 0.3 is 5.97 Å². The van der Waals surface area contributed by atoms with E-state index in [1.807, 2.05) is 30.3 Å². The van der Waals surface area contributed by atoms with E-state index in [9.17, 15) is 4.79 Å². The number of hydrogen-bond donors (Lipinski definition) is 1. The van der Waals surface area contributed by atoms with E-state index in [2.05, 4.69) is 29.4 Å². The number of carboxylic acid groups (broad SMARTS) is 1. The van der Waals surface area contributed by atoms with Gasteiger partial charge in [0.1, 0.15) is 0 Å². The van der Waals surface area contributed by atoms with Crippen molar-refractivity contribution in [1.29, 1.82) is 0 Å². The number of benzene rings is 1. The summed E-state index contributed by atoms with van der Waals surface area (Å²) in [4.78, 5) is 12.3. The van der Waals surface area contributed by atoms with Crippen LogP contribution in [-0.2, 0) is 17.8 Å². The van der Waals surface area contributed by atoms with Crippen LogP contribution >= 0.6 is 11.8 Å². The molecule has 0 aliphatic carbocycles. The van der Waals surface area contributed by atoms with Gasteiger partial charge in [-0.2, -0.15) is 5.10 Å². The Balaban J connectivity index is 1.85. The van der Waals surface area contributed by atoms with Crippen LogP contribution in [0.4, 0.5) is 0 Å². The molecule has 1 aromatic heterocycles. The topological polar surface area (TPSA) is 55.1 Å². The second kappa shape index (κ2) is 5.56. The van der Waals surface area contributed by atoms with E-state index in [1.165, 1.54) is 10.5 Å². The molecular weight excluding hydrogens is 284 g/mol. The van der Waals surface area contributed by atoms with Crippen LogP contribution in [0.3, 0.4) is 0 Å². The number of thioether (sulfide) groups is 1. The molecule has 0 fully saturated rings. The number of rotatable bonds is 4. The molecule has 5 heteroatoms. The molecule has 1 unspecified atom stereocenters. The molecule has 1 aliphatic rings. The summed E-state index contributed by atoms with van der Waals surface area (Å²) >= 11 is 1.89. The molecule has 1 N–H and O–H groups in total. The highest BCUT2D eigenvalue weighted by molar-refractivity contribution is 7.99. The van der Waals surface area contributed by atoms with Gasteiger partial charge in [-0.25, -0.2) is 0 Å². The van der Waals surface area contributed by atoms with E-state index < -0.39 is 5.97 Å². The monoisotopic (exact) mass is 302 g/mol. The largest absolute Gasteiger partial charge is 0.481 e. The van der Waals surface area contributed by atoms with Crippen molar-refractivity contribution < 1.29 is 9.90 Å².